The third kappa shape index (κ3) is 1.55. The number of aryl methyl sites for hydroxylation is 1. The average Bonchev–Trinajstić information content (AvgIpc) is 2.91. The van der Waals surface area contributed by atoms with Gasteiger partial charge in [0.25, 0.3) is 0 Å². The van der Waals surface area contributed by atoms with Crippen LogP contribution in [0.25, 0.3) is 0 Å². The Morgan fingerprint density at radius 1 is 1.25 bits per heavy atom. The van der Waals surface area contributed by atoms with Crippen LogP contribution in [-0.4, -0.2) is 13.3 Å². The number of hydrogen-bond donors (Lipinski definition) is 1. The molecular weight excluding hydrogens is 202 g/mol. The number of nitrogens with two attached hydrogens (primary N) is 1. The van der Waals surface area contributed by atoms with Gasteiger partial charge in [0.05, 0.1) is 0 Å². The van der Waals surface area contributed by atoms with Crippen molar-refractivity contribution < 1.29 is 9.47 Å². The topological polar surface area (TPSA) is 44.5 Å². The van der Waals surface area contributed by atoms with E-state index in [1.165, 1.54) is 24.0 Å². The number of ether oxygens (including phenoxy) is 2. The van der Waals surface area contributed by atoms with E-state index in [4.69, 9.17) is 15.2 Å². The second kappa shape index (κ2) is 3.39. The van der Waals surface area contributed by atoms with Crippen molar-refractivity contribution in [3.63, 3.8) is 0 Å². The highest BCUT2D eigenvalue weighted by Crippen LogP contribution is 2.48. The number of benzene rings is 1. The maximum Gasteiger partial charge on any atom is 0.231 e. The van der Waals surface area contributed by atoms with Gasteiger partial charge in [-0.2, -0.15) is 0 Å². The fourth-order valence-corrected chi connectivity index (χ4v) is 2.31. The largest absolute Gasteiger partial charge is 0.454 e. The third-order valence-electron chi connectivity index (χ3n) is 3.79. The minimum absolute atomic E-state index is 0.347. The molecule has 2 N–H and O–H groups in total. The predicted octanol–water partition coefficient (Wildman–Crippen LogP) is 2.01. The van der Waals surface area contributed by atoms with Crippen LogP contribution < -0.4 is 15.2 Å². The molecule has 0 bridgehead atoms. The lowest BCUT2D eigenvalue weighted by atomic mass is 9.93. The van der Waals surface area contributed by atoms with Crippen LogP contribution >= 0.6 is 0 Å². The Morgan fingerprint density at radius 2 is 1.94 bits per heavy atom. The van der Waals surface area contributed by atoms with E-state index in [1.807, 2.05) is 0 Å². The maximum atomic E-state index is 5.82. The van der Waals surface area contributed by atoms with Gasteiger partial charge in [-0.1, -0.05) is 0 Å². The van der Waals surface area contributed by atoms with Gasteiger partial charge < -0.3 is 15.2 Å². The first-order valence-electron chi connectivity index (χ1n) is 5.82. The summed E-state index contributed by atoms with van der Waals surface area (Å²) in [7, 11) is 0. The molecule has 0 aromatic heterocycles. The molecule has 3 heteroatoms. The van der Waals surface area contributed by atoms with Crippen LogP contribution in [0.4, 0.5) is 0 Å². The maximum absolute atomic E-state index is 5.82. The molecule has 16 heavy (non-hydrogen) atoms. The predicted molar refractivity (Wildman–Crippen MR) is 61.7 cm³/mol. The van der Waals surface area contributed by atoms with E-state index >= 15 is 0 Å². The second-order valence-electron chi connectivity index (χ2n) is 5.01. The summed E-state index contributed by atoms with van der Waals surface area (Å²) in [6, 6.07) is 4.19. The molecule has 1 aliphatic heterocycles. The molecule has 1 aromatic carbocycles. The smallest absolute Gasteiger partial charge is 0.231 e. The van der Waals surface area contributed by atoms with Gasteiger partial charge in [0.2, 0.25) is 6.79 Å². The van der Waals surface area contributed by atoms with Gasteiger partial charge in [-0.25, -0.2) is 0 Å². The van der Waals surface area contributed by atoms with Crippen LogP contribution in [0.2, 0.25) is 0 Å². The van der Waals surface area contributed by atoms with Gasteiger partial charge in [0.1, 0.15) is 0 Å². The zero-order valence-electron chi connectivity index (χ0n) is 9.58. The Labute approximate surface area is 95.5 Å². The molecule has 3 nitrogen and oxygen atoms in total. The van der Waals surface area contributed by atoms with E-state index in [0.717, 1.165) is 24.5 Å². The van der Waals surface area contributed by atoms with Gasteiger partial charge in [-0.3, -0.25) is 0 Å². The first-order chi connectivity index (χ1) is 7.72. The van der Waals surface area contributed by atoms with Crippen molar-refractivity contribution in [2.45, 2.75) is 26.2 Å². The molecule has 0 amide bonds. The molecule has 1 aliphatic carbocycles. The van der Waals surface area contributed by atoms with E-state index in [9.17, 15) is 0 Å². The monoisotopic (exact) mass is 219 g/mol. The van der Waals surface area contributed by atoms with E-state index < -0.39 is 0 Å². The molecule has 86 valence electrons. The Hall–Kier alpha value is -1.22. The fourth-order valence-electron chi connectivity index (χ4n) is 2.31. The number of hydrogen-bond acceptors (Lipinski definition) is 3. The molecule has 0 atom stereocenters. The normalized spacial score (nSPS) is 19.9. The summed E-state index contributed by atoms with van der Waals surface area (Å²) >= 11 is 0. The molecule has 0 spiro atoms. The fraction of sp³-hybridized carbons (Fsp3) is 0.538. The third-order valence-corrected chi connectivity index (χ3v) is 3.79. The zero-order valence-corrected chi connectivity index (χ0v) is 9.58. The highest BCUT2D eigenvalue weighted by Gasteiger charge is 2.41. The SMILES string of the molecule is Cc1cc2c(cc1CC1(CN)CC1)OCO2. The Kier molecular flexibility index (Phi) is 2.11. The quantitative estimate of drug-likeness (QED) is 0.845. The zero-order chi connectivity index (χ0) is 11.2. The summed E-state index contributed by atoms with van der Waals surface area (Å²) < 4.78 is 10.8. The molecule has 0 radical (unpaired) electrons. The molecule has 2 aliphatic rings. The lowest BCUT2D eigenvalue weighted by molar-refractivity contribution is 0.174. The first kappa shape index (κ1) is 9.97. The molecular formula is C13H17NO2. The van der Waals surface area contributed by atoms with E-state index in [1.54, 1.807) is 0 Å². The Bertz CT molecular complexity index is 424. The van der Waals surface area contributed by atoms with Gasteiger partial charge in [-0.05, 0) is 61.4 Å². The summed E-state index contributed by atoms with van der Waals surface area (Å²) in [5.41, 5.74) is 8.83. The summed E-state index contributed by atoms with van der Waals surface area (Å²) in [5.74, 6) is 1.76. The van der Waals surface area contributed by atoms with Gasteiger partial charge in [0, 0.05) is 0 Å². The van der Waals surface area contributed by atoms with Crippen LogP contribution in [0.5, 0.6) is 11.5 Å². The molecule has 3 rings (SSSR count). The molecule has 1 aromatic rings. The van der Waals surface area contributed by atoms with Crippen LogP contribution in [0.1, 0.15) is 24.0 Å². The van der Waals surface area contributed by atoms with E-state index in [0.29, 0.717) is 12.2 Å². The highest BCUT2D eigenvalue weighted by atomic mass is 16.7. The van der Waals surface area contributed by atoms with Gasteiger partial charge in [0.15, 0.2) is 11.5 Å². The molecule has 1 saturated carbocycles. The summed E-state index contributed by atoms with van der Waals surface area (Å²) in [5, 5.41) is 0. The van der Waals surface area contributed by atoms with E-state index in [2.05, 4.69) is 19.1 Å². The second-order valence-corrected chi connectivity index (χ2v) is 5.01. The minimum atomic E-state index is 0.347. The van der Waals surface area contributed by atoms with Crippen molar-refractivity contribution >= 4 is 0 Å². The van der Waals surface area contributed by atoms with Crippen molar-refractivity contribution in [1.82, 2.24) is 0 Å². The molecule has 0 unspecified atom stereocenters. The Balaban J connectivity index is 1.90. The minimum Gasteiger partial charge on any atom is -0.454 e. The van der Waals surface area contributed by atoms with Crippen molar-refractivity contribution in [3.8, 4) is 11.5 Å². The van der Waals surface area contributed by atoms with Crippen molar-refractivity contribution in [2.24, 2.45) is 11.1 Å². The molecule has 1 heterocycles. The van der Waals surface area contributed by atoms with Gasteiger partial charge in [-0.15, -0.1) is 0 Å². The van der Waals surface area contributed by atoms with Crippen LogP contribution in [0.3, 0.4) is 0 Å². The van der Waals surface area contributed by atoms with Crippen molar-refractivity contribution in [3.05, 3.63) is 23.3 Å². The standard InChI is InChI=1S/C13H17NO2/c1-9-4-11-12(16-8-15-11)5-10(9)6-13(7-14)2-3-13/h4-5H,2-3,6-8,14H2,1H3. The van der Waals surface area contributed by atoms with Crippen molar-refractivity contribution in [1.29, 1.82) is 0 Å². The lowest BCUT2D eigenvalue weighted by Crippen LogP contribution is -2.18. The van der Waals surface area contributed by atoms with E-state index in [-0.39, 0.29) is 0 Å². The first-order valence-corrected chi connectivity index (χ1v) is 5.82. The number of fused-ring (bicyclic) bond motifs is 1. The average molecular weight is 219 g/mol. The van der Waals surface area contributed by atoms with Crippen LogP contribution in [-0.2, 0) is 6.42 Å². The Morgan fingerprint density at radius 3 is 2.56 bits per heavy atom. The van der Waals surface area contributed by atoms with Crippen LogP contribution in [0, 0.1) is 12.3 Å². The summed E-state index contributed by atoms with van der Waals surface area (Å²) in [6.45, 7) is 3.27. The van der Waals surface area contributed by atoms with Crippen LogP contribution in [0.15, 0.2) is 12.1 Å². The highest BCUT2D eigenvalue weighted by molar-refractivity contribution is 5.48. The molecule has 1 fully saturated rings. The lowest BCUT2D eigenvalue weighted by Gasteiger charge is -2.14. The van der Waals surface area contributed by atoms with Gasteiger partial charge >= 0.3 is 0 Å². The molecule has 0 saturated heterocycles. The summed E-state index contributed by atoms with van der Waals surface area (Å²) in [4.78, 5) is 0. The van der Waals surface area contributed by atoms with Crippen molar-refractivity contribution in [2.75, 3.05) is 13.3 Å². The number of rotatable bonds is 3. The summed E-state index contributed by atoms with van der Waals surface area (Å²) in [6.07, 6.45) is 3.60.